The highest BCUT2D eigenvalue weighted by atomic mass is 16.6. The molecule has 0 aromatic carbocycles. The Labute approximate surface area is 168 Å². The zero-order valence-electron chi connectivity index (χ0n) is 16.3. The molecule has 0 fully saturated rings. The third-order valence-corrected chi connectivity index (χ3v) is 4.63. The van der Waals surface area contributed by atoms with E-state index < -0.39 is 0 Å². The number of ether oxygens (including phenoxy) is 3. The van der Waals surface area contributed by atoms with Gasteiger partial charge in [0.25, 0.3) is 5.88 Å². The van der Waals surface area contributed by atoms with E-state index in [1.165, 1.54) is 13.4 Å². The summed E-state index contributed by atoms with van der Waals surface area (Å²) in [7, 11) is 1.53. The summed E-state index contributed by atoms with van der Waals surface area (Å²) in [5.74, 6) is 2.52. The Morgan fingerprint density at radius 2 is 2.03 bits per heavy atom. The number of nitrogens with one attached hydrogen (secondary N) is 1. The van der Waals surface area contributed by atoms with E-state index in [1.807, 2.05) is 12.1 Å². The van der Waals surface area contributed by atoms with Gasteiger partial charge in [-0.3, -0.25) is 0 Å². The van der Waals surface area contributed by atoms with Crippen molar-refractivity contribution in [3.8, 4) is 28.8 Å². The topological polar surface area (TPSA) is 117 Å². The van der Waals surface area contributed by atoms with Crippen LogP contribution in [0.15, 0.2) is 36.9 Å². The highest BCUT2D eigenvalue weighted by Gasteiger charge is 2.20. The summed E-state index contributed by atoms with van der Waals surface area (Å²) in [6, 6.07) is 5.59. The van der Waals surface area contributed by atoms with E-state index in [-0.39, 0.29) is 5.92 Å². The second-order valence-corrected chi connectivity index (χ2v) is 6.62. The number of nitrogen functional groups attached to an aromatic ring is 1. The molecule has 4 rings (SSSR count). The summed E-state index contributed by atoms with van der Waals surface area (Å²) in [5.41, 5.74) is 8.96. The highest BCUT2D eigenvalue weighted by Crippen LogP contribution is 2.35. The molecule has 0 radical (unpaired) electrons. The van der Waals surface area contributed by atoms with Crippen molar-refractivity contribution in [1.29, 1.82) is 0 Å². The lowest BCUT2D eigenvalue weighted by molar-refractivity contribution is 0.162. The standard InChI is InChI=1S/C20H22N6O3/c1-12(14-3-4-22-20-18(14)28-5-6-29-20)9-23-17-8-16(25-11-26-17)13-7-15(21)19(27-2)24-10-13/h3-4,7-8,10-12H,5-6,9,21H2,1-2H3,(H,23,25,26)/t12-/m1/s1. The number of hydrogen-bond donors (Lipinski definition) is 2. The van der Waals surface area contributed by atoms with Crippen LogP contribution in [0.5, 0.6) is 17.5 Å². The smallest absolute Gasteiger partial charge is 0.257 e. The minimum absolute atomic E-state index is 0.158. The summed E-state index contributed by atoms with van der Waals surface area (Å²) in [5, 5.41) is 3.35. The van der Waals surface area contributed by atoms with Gasteiger partial charge in [-0.25, -0.2) is 19.9 Å². The van der Waals surface area contributed by atoms with Crippen molar-refractivity contribution in [3.63, 3.8) is 0 Å². The SMILES string of the molecule is COc1ncc(-c2cc(NC[C@@H](C)c3ccnc4c3OCCO4)ncn2)cc1N. The Hall–Kier alpha value is -3.62. The van der Waals surface area contributed by atoms with Gasteiger partial charge in [0.05, 0.1) is 18.5 Å². The Morgan fingerprint density at radius 1 is 1.17 bits per heavy atom. The second-order valence-electron chi connectivity index (χ2n) is 6.62. The molecule has 1 atom stereocenters. The van der Waals surface area contributed by atoms with Gasteiger partial charge < -0.3 is 25.3 Å². The Kier molecular flexibility index (Phi) is 5.28. The Bertz CT molecular complexity index is 1010. The molecule has 9 heteroatoms. The maximum absolute atomic E-state index is 5.95. The molecule has 0 bridgehead atoms. The van der Waals surface area contributed by atoms with E-state index in [9.17, 15) is 0 Å². The first-order valence-electron chi connectivity index (χ1n) is 9.26. The lowest BCUT2D eigenvalue weighted by Crippen LogP contribution is -2.19. The minimum atomic E-state index is 0.158. The number of nitrogens with zero attached hydrogens (tertiary/aromatic N) is 4. The molecule has 0 aliphatic carbocycles. The number of nitrogens with two attached hydrogens (primary N) is 1. The molecule has 29 heavy (non-hydrogen) atoms. The first kappa shape index (κ1) is 18.7. The fraction of sp³-hybridized carbons (Fsp3) is 0.300. The fourth-order valence-electron chi connectivity index (χ4n) is 3.12. The number of anilines is 2. The monoisotopic (exact) mass is 394 g/mol. The molecule has 9 nitrogen and oxygen atoms in total. The Morgan fingerprint density at radius 3 is 2.86 bits per heavy atom. The molecule has 0 saturated heterocycles. The largest absolute Gasteiger partial charge is 0.484 e. The van der Waals surface area contributed by atoms with Gasteiger partial charge in [-0.15, -0.1) is 0 Å². The van der Waals surface area contributed by atoms with Crippen LogP contribution < -0.4 is 25.3 Å². The van der Waals surface area contributed by atoms with Crippen LogP contribution in [-0.4, -0.2) is 46.8 Å². The highest BCUT2D eigenvalue weighted by molar-refractivity contribution is 5.67. The summed E-state index contributed by atoms with van der Waals surface area (Å²) in [6.07, 6.45) is 4.92. The van der Waals surface area contributed by atoms with Crippen molar-refractivity contribution in [1.82, 2.24) is 19.9 Å². The lowest BCUT2D eigenvalue weighted by atomic mass is 10.0. The molecule has 3 aromatic heterocycles. The summed E-state index contributed by atoms with van der Waals surface area (Å²) < 4.78 is 16.4. The van der Waals surface area contributed by atoms with Crippen molar-refractivity contribution in [2.24, 2.45) is 0 Å². The summed E-state index contributed by atoms with van der Waals surface area (Å²) in [6.45, 7) is 3.81. The minimum Gasteiger partial charge on any atom is -0.484 e. The zero-order valence-corrected chi connectivity index (χ0v) is 16.3. The van der Waals surface area contributed by atoms with Gasteiger partial charge in [-0.2, -0.15) is 0 Å². The molecule has 1 aliphatic rings. The number of rotatable bonds is 6. The van der Waals surface area contributed by atoms with Gasteiger partial charge in [0, 0.05) is 42.0 Å². The van der Waals surface area contributed by atoms with Gasteiger partial charge in [-0.05, 0) is 12.1 Å². The zero-order chi connectivity index (χ0) is 20.2. The molecule has 0 saturated carbocycles. The van der Waals surface area contributed by atoms with E-state index >= 15 is 0 Å². The first-order chi connectivity index (χ1) is 14.2. The number of fused-ring (bicyclic) bond motifs is 1. The van der Waals surface area contributed by atoms with Crippen molar-refractivity contribution in [3.05, 3.63) is 42.5 Å². The van der Waals surface area contributed by atoms with Crippen LogP contribution in [0, 0.1) is 0 Å². The molecular formula is C20H22N6O3. The summed E-state index contributed by atoms with van der Waals surface area (Å²) >= 11 is 0. The number of methoxy groups -OCH3 is 1. The van der Waals surface area contributed by atoms with E-state index in [0.29, 0.717) is 43.0 Å². The van der Waals surface area contributed by atoms with Gasteiger partial charge in [0.1, 0.15) is 25.4 Å². The number of aromatic nitrogens is 4. The van der Waals surface area contributed by atoms with Gasteiger partial charge in [0.2, 0.25) is 5.88 Å². The van der Waals surface area contributed by atoms with Crippen molar-refractivity contribution in [2.45, 2.75) is 12.8 Å². The predicted molar refractivity (Wildman–Crippen MR) is 108 cm³/mol. The van der Waals surface area contributed by atoms with Gasteiger partial charge >= 0.3 is 0 Å². The Balaban J connectivity index is 1.48. The van der Waals surface area contributed by atoms with Crippen molar-refractivity contribution in [2.75, 3.05) is 37.9 Å². The molecule has 3 N–H and O–H groups in total. The third-order valence-electron chi connectivity index (χ3n) is 4.63. The van der Waals surface area contributed by atoms with Crippen LogP contribution >= 0.6 is 0 Å². The predicted octanol–water partition coefficient (Wildman–Crippen LogP) is 2.51. The molecule has 3 aromatic rings. The molecule has 0 unspecified atom stereocenters. The van der Waals surface area contributed by atoms with Crippen LogP contribution in [0.25, 0.3) is 11.3 Å². The quantitative estimate of drug-likeness (QED) is 0.650. The second kappa shape index (κ2) is 8.17. The fourth-order valence-corrected chi connectivity index (χ4v) is 3.12. The van der Waals surface area contributed by atoms with Crippen LogP contribution in [0.2, 0.25) is 0 Å². The third kappa shape index (κ3) is 3.98. The van der Waals surface area contributed by atoms with E-state index in [4.69, 9.17) is 19.9 Å². The number of hydrogen-bond acceptors (Lipinski definition) is 9. The summed E-state index contributed by atoms with van der Waals surface area (Å²) in [4.78, 5) is 17.1. The molecular weight excluding hydrogens is 372 g/mol. The van der Waals surface area contributed by atoms with Crippen molar-refractivity contribution < 1.29 is 14.2 Å². The van der Waals surface area contributed by atoms with E-state index in [0.717, 1.165) is 22.6 Å². The van der Waals surface area contributed by atoms with Crippen LogP contribution in [0.1, 0.15) is 18.4 Å². The van der Waals surface area contributed by atoms with Crippen LogP contribution in [-0.2, 0) is 0 Å². The van der Waals surface area contributed by atoms with E-state index in [1.54, 1.807) is 18.5 Å². The van der Waals surface area contributed by atoms with Crippen molar-refractivity contribution >= 4 is 11.5 Å². The van der Waals surface area contributed by atoms with Gasteiger partial charge in [-0.1, -0.05) is 6.92 Å². The molecule has 1 aliphatic heterocycles. The average molecular weight is 394 g/mol. The van der Waals surface area contributed by atoms with E-state index in [2.05, 4.69) is 32.2 Å². The number of pyridine rings is 2. The molecule has 0 amide bonds. The van der Waals surface area contributed by atoms with Crippen LogP contribution in [0.4, 0.5) is 11.5 Å². The molecule has 0 spiro atoms. The molecule has 150 valence electrons. The first-order valence-corrected chi connectivity index (χ1v) is 9.26. The molecule has 4 heterocycles. The van der Waals surface area contributed by atoms with Crippen LogP contribution in [0.3, 0.4) is 0 Å². The average Bonchev–Trinajstić information content (AvgIpc) is 2.77. The normalized spacial score (nSPS) is 13.6. The lowest BCUT2D eigenvalue weighted by Gasteiger charge is -2.22. The van der Waals surface area contributed by atoms with Gasteiger partial charge in [0.15, 0.2) is 5.75 Å². The maximum atomic E-state index is 5.95. The maximum Gasteiger partial charge on any atom is 0.257 e.